The van der Waals surface area contributed by atoms with Crippen LogP contribution in [0.1, 0.15) is 48.1 Å². The summed E-state index contributed by atoms with van der Waals surface area (Å²) in [4.78, 5) is 46.0. The minimum absolute atomic E-state index is 0.247. The van der Waals surface area contributed by atoms with E-state index < -0.39 is 23.4 Å². The zero-order valence-electron chi connectivity index (χ0n) is 21.9. The van der Waals surface area contributed by atoms with E-state index in [4.69, 9.17) is 27.9 Å². The van der Waals surface area contributed by atoms with Gasteiger partial charge in [0.15, 0.2) is 17.3 Å². The molecule has 0 amide bonds. The highest BCUT2D eigenvalue weighted by Crippen LogP contribution is 2.61. The molecule has 1 aliphatic carbocycles. The third-order valence-electron chi connectivity index (χ3n) is 8.63. The van der Waals surface area contributed by atoms with Crippen LogP contribution in [0.2, 0.25) is 10.0 Å². The van der Waals surface area contributed by atoms with E-state index in [0.29, 0.717) is 43.7 Å². The number of rotatable bonds is 4. The number of halogens is 2. The van der Waals surface area contributed by atoms with Gasteiger partial charge in [-0.15, -0.1) is 0 Å². The minimum atomic E-state index is -1.62. The Bertz CT molecular complexity index is 1780. The standard InChI is InChI=1S/C34H23Cl2NO4/c1-41-22-8-6-7-20(18-22)31(38)30-29(25-11-4-5-12-26(25)36)34(32(39)23-9-2-3-10-24(23)33(34)40)28-16-13-19-17-21(35)14-15-27(19)37(28)30/h2-18,28-30H,1H3/t28-,29-,30+/m1/s1. The van der Waals surface area contributed by atoms with Crippen molar-refractivity contribution >= 4 is 52.3 Å². The van der Waals surface area contributed by atoms with Gasteiger partial charge in [-0.3, -0.25) is 14.4 Å². The number of carbonyl (C=O) groups is 3. The number of ketones is 3. The van der Waals surface area contributed by atoms with Crippen LogP contribution in [0, 0.1) is 5.41 Å². The monoisotopic (exact) mass is 579 g/mol. The Hall–Kier alpha value is -4.19. The summed E-state index contributed by atoms with van der Waals surface area (Å²) < 4.78 is 5.42. The maximum atomic E-state index is 14.8. The number of fused-ring (bicyclic) bond motifs is 5. The quantitative estimate of drug-likeness (QED) is 0.187. The van der Waals surface area contributed by atoms with Crippen LogP contribution < -0.4 is 9.64 Å². The Morgan fingerprint density at radius 2 is 1.56 bits per heavy atom. The normalized spacial score (nSPS) is 21.5. The van der Waals surface area contributed by atoms with E-state index in [0.717, 1.165) is 5.56 Å². The second-order valence-electron chi connectivity index (χ2n) is 10.5. The molecule has 7 rings (SSSR count). The lowest BCUT2D eigenvalue weighted by Gasteiger charge is -2.37. The second-order valence-corrected chi connectivity index (χ2v) is 11.4. The number of ether oxygens (including phenoxy) is 1. The van der Waals surface area contributed by atoms with Gasteiger partial charge in [0, 0.05) is 38.3 Å². The van der Waals surface area contributed by atoms with Crippen LogP contribution in [-0.4, -0.2) is 36.5 Å². The molecule has 0 saturated carbocycles. The molecule has 0 bridgehead atoms. The fourth-order valence-corrected chi connectivity index (χ4v) is 7.40. The van der Waals surface area contributed by atoms with Crippen LogP contribution in [0.25, 0.3) is 6.08 Å². The Morgan fingerprint density at radius 3 is 2.27 bits per heavy atom. The molecule has 41 heavy (non-hydrogen) atoms. The summed E-state index contributed by atoms with van der Waals surface area (Å²) in [5, 5.41) is 0.927. The molecule has 4 aromatic carbocycles. The molecular weight excluding hydrogens is 557 g/mol. The molecule has 2 aliphatic heterocycles. The van der Waals surface area contributed by atoms with Crippen molar-refractivity contribution in [1.82, 2.24) is 0 Å². The van der Waals surface area contributed by atoms with Gasteiger partial charge in [0.2, 0.25) is 0 Å². The fourth-order valence-electron chi connectivity index (χ4n) is 6.97. The van der Waals surface area contributed by atoms with E-state index in [1.54, 1.807) is 73.8 Å². The summed E-state index contributed by atoms with van der Waals surface area (Å²) in [5.74, 6) is -1.22. The first-order chi connectivity index (χ1) is 19.9. The number of hydrogen-bond acceptors (Lipinski definition) is 5. The topological polar surface area (TPSA) is 63.7 Å². The summed E-state index contributed by atoms with van der Waals surface area (Å²) in [5.41, 5.74) is 1.59. The molecule has 2 heterocycles. The van der Waals surface area contributed by atoms with Crippen molar-refractivity contribution in [3.63, 3.8) is 0 Å². The molecule has 202 valence electrons. The SMILES string of the molecule is COc1cccc(C(=O)[C@@H]2[C@@H](c3ccccc3Cl)C3(C(=O)c4ccccc4C3=O)[C@H]3C=Cc4cc(Cl)ccc4N23)c1. The van der Waals surface area contributed by atoms with Gasteiger partial charge in [-0.05, 0) is 47.5 Å². The second kappa shape index (κ2) is 9.44. The average Bonchev–Trinajstić information content (AvgIpc) is 3.43. The van der Waals surface area contributed by atoms with E-state index in [9.17, 15) is 14.4 Å². The molecule has 0 aromatic heterocycles. The third kappa shape index (κ3) is 3.52. The van der Waals surface area contributed by atoms with Crippen molar-refractivity contribution in [2.75, 3.05) is 12.0 Å². The summed E-state index contributed by atoms with van der Waals surface area (Å²) in [6.45, 7) is 0. The van der Waals surface area contributed by atoms with Gasteiger partial charge in [-0.1, -0.05) is 90.0 Å². The van der Waals surface area contributed by atoms with Gasteiger partial charge in [0.05, 0.1) is 13.2 Å². The maximum absolute atomic E-state index is 14.8. The lowest BCUT2D eigenvalue weighted by atomic mass is 9.64. The zero-order chi connectivity index (χ0) is 28.5. The lowest BCUT2D eigenvalue weighted by Crippen LogP contribution is -2.48. The van der Waals surface area contributed by atoms with Crippen LogP contribution >= 0.6 is 23.2 Å². The highest BCUT2D eigenvalue weighted by Gasteiger charge is 2.71. The molecular formula is C34H23Cl2NO4. The zero-order valence-corrected chi connectivity index (χ0v) is 23.4. The van der Waals surface area contributed by atoms with E-state index in [2.05, 4.69) is 0 Å². The van der Waals surface area contributed by atoms with Gasteiger partial charge >= 0.3 is 0 Å². The van der Waals surface area contributed by atoms with E-state index in [-0.39, 0.29) is 17.3 Å². The van der Waals surface area contributed by atoms with Crippen molar-refractivity contribution in [3.8, 4) is 5.75 Å². The minimum Gasteiger partial charge on any atom is -0.497 e. The highest BCUT2D eigenvalue weighted by molar-refractivity contribution is 6.34. The lowest BCUT2D eigenvalue weighted by molar-refractivity contribution is 0.0666. The van der Waals surface area contributed by atoms with Crippen molar-refractivity contribution in [3.05, 3.63) is 135 Å². The number of benzene rings is 4. The Balaban J connectivity index is 1.56. The molecule has 0 unspecified atom stereocenters. The maximum Gasteiger partial charge on any atom is 0.186 e. The Morgan fingerprint density at radius 1 is 0.854 bits per heavy atom. The number of methoxy groups -OCH3 is 1. The van der Waals surface area contributed by atoms with E-state index >= 15 is 0 Å². The molecule has 0 radical (unpaired) electrons. The fraction of sp³-hybridized carbons (Fsp3) is 0.147. The first-order valence-electron chi connectivity index (χ1n) is 13.3. The van der Waals surface area contributed by atoms with Crippen molar-refractivity contribution < 1.29 is 19.1 Å². The van der Waals surface area contributed by atoms with Gasteiger partial charge in [0.1, 0.15) is 17.2 Å². The van der Waals surface area contributed by atoms with Crippen LogP contribution in [0.3, 0.4) is 0 Å². The molecule has 5 nitrogen and oxygen atoms in total. The molecule has 1 saturated heterocycles. The molecule has 7 heteroatoms. The Labute approximate surface area is 247 Å². The highest BCUT2D eigenvalue weighted by atomic mass is 35.5. The first kappa shape index (κ1) is 25.8. The first-order valence-corrected chi connectivity index (χ1v) is 14.0. The molecule has 3 aliphatic rings. The molecule has 1 spiro atoms. The number of carbonyl (C=O) groups excluding carboxylic acids is 3. The average molecular weight is 580 g/mol. The molecule has 4 aromatic rings. The summed E-state index contributed by atoms with van der Waals surface area (Å²) >= 11 is 13.2. The number of Topliss-reactive ketones (excluding diaryl/α,β-unsaturated/α-hetero) is 3. The van der Waals surface area contributed by atoms with Crippen LogP contribution in [-0.2, 0) is 0 Å². The summed E-state index contributed by atoms with van der Waals surface area (Å²) in [6.07, 6.45) is 3.75. The van der Waals surface area contributed by atoms with Crippen LogP contribution in [0.4, 0.5) is 5.69 Å². The predicted octanol–water partition coefficient (Wildman–Crippen LogP) is 7.32. The summed E-state index contributed by atoms with van der Waals surface area (Å²) in [7, 11) is 1.54. The summed E-state index contributed by atoms with van der Waals surface area (Å²) in [6, 6.07) is 24.7. The largest absolute Gasteiger partial charge is 0.497 e. The van der Waals surface area contributed by atoms with E-state index in [1.165, 1.54) is 0 Å². The van der Waals surface area contributed by atoms with Crippen molar-refractivity contribution in [2.24, 2.45) is 5.41 Å². The number of hydrogen-bond donors (Lipinski definition) is 0. The smallest absolute Gasteiger partial charge is 0.186 e. The number of nitrogens with zero attached hydrogens (tertiary/aromatic N) is 1. The van der Waals surface area contributed by atoms with Gasteiger partial charge < -0.3 is 9.64 Å². The molecule has 0 N–H and O–H groups in total. The molecule has 3 atom stereocenters. The van der Waals surface area contributed by atoms with Gasteiger partial charge in [-0.25, -0.2) is 0 Å². The third-order valence-corrected chi connectivity index (χ3v) is 9.21. The number of anilines is 1. The van der Waals surface area contributed by atoms with Crippen molar-refractivity contribution in [1.29, 1.82) is 0 Å². The van der Waals surface area contributed by atoms with Gasteiger partial charge in [-0.2, -0.15) is 0 Å². The van der Waals surface area contributed by atoms with Crippen LogP contribution in [0.15, 0.2) is 97.1 Å². The van der Waals surface area contributed by atoms with Gasteiger partial charge in [0.25, 0.3) is 0 Å². The van der Waals surface area contributed by atoms with E-state index in [1.807, 2.05) is 41.3 Å². The predicted molar refractivity (Wildman–Crippen MR) is 160 cm³/mol. The molecule has 1 fully saturated rings. The van der Waals surface area contributed by atoms with Crippen molar-refractivity contribution in [2.45, 2.75) is 18.0 Å². The van der Waals surface area contributed by atoms with Crippen LogP contribution in [0.5, 0.6) is 5.75 Å². The Kier molecular flexibility index (Phi) is 5.93.